The fourth-order valence-electron chi connectivity index (χ4n) is 1.29. The molecule has 0 fully saturated rings. The number of anilines is 2. The van der Waals surface area contributed by atoms with E-state index < -0.39 is 0 Å². The van der Waals surface area contributed by atoms with Crippen molar-refractivity contribution in [1.29, 1.82) is 0 Å². The number of hydrogen-bond acceptors (Lipinski definition) is 3. The number of aromatic amines is 1. The van der Waals surface area contributed by atoms with Gasteiger partial charge >= 0.3 is 0 Å². The van der Waals surface area contributed by atoms with Crippen molar-refractivity contribution in [2.45, 2.75) is 0 Å². The number of H-pyrrole nitrogens is 1. The third kappa shape index (κ3) is 2.86. The first-order chi connectivity index (χ1) is 8.06. The maximum Gasteiger partial charge on any atom is 0.266 e. The van der Waals surface area contributed by atoms with E-state index in [1.165, 1.54) is 10.7 Å². The molecule has 1 aromatic heterocycles. The number of halogens is 1. The highest BCUT2D eigenvalue weighted by Crippen LogP contribution is 2.11. The Morgan fingerprint density at radius 1 is 1.41 bits per heavy atom. The quantitative estimate of drug-likeness (QED) is 0.534. The van der Waals surface area contributed by atoms with Crippen molar-refractivity contribution in [1.82, 2.24) is 9.78 Å². The number of nitrogens with zero attached hydrogens (tertiary/aromatic N) is 1. The summed E-state index contributed by atoms with van der Waals surface area (Å²) in [4.78, 5) is 11.1. The number of hydrogen-bond donors (Lipinski definition) is 3. The van der Waals surface area contributed by atoms with Gasteiger partial charge in [-0.3, -0.25) is 9.89 Å². The van der Waals surface area contributed by atoms with Crippen molar-refractivity contribution in [3.05, 3.63) is 44.3 Å². The average Bonchev–Trinajstić information content (AvgIpc) is 2.61. The lowest BCUT2D eigenvalue weighted by Crippen LogP contribution is -2.23. The molecule has 0 amide bonds. The van der Waals surface area contributed by atoms with Gasteiger partial charge in [0, 0.05) is 15.3 Å². The molecule has 17 heavy (non-hydrogen) atoms. The van der Waals surface area contributed by atoms with Crippen LogP contribution in [0.1, 0.15) is 0 Å². The molecule has 4 N–H and O–H groups in total. The Morgan fingerprint density at radius 3 is 2.59 bits per heavy atom. The number of thiocarbonyl (C=S) groups is 1. The second-order valence-corrected chi connectivity index (χ2v) is 4.95. The molecule has 0 radical (unpaired) electrons. The highest BCUT2D eigenvalue weighted by molar-refractivity contribution is 14.1. The van der Waals surface area contributed by atoms with Crippen LogP contribution in [0.25, 0.3) is 0 Å². The van der Waals surface area contributed by atoms with E-state index in [-0.39, 0.29) is 11.4 Å². The average molecular weight is 360 g/mol. The van der Waals surface area contributed by atoms with E-state index in [9.17, 15) is 4.79 Å². The summed E-state index contributed by atoms with van der Waals surface area (Å²) in [5.74, 6) is 0.276. The number of nitrogens with two attached hydrogens (primary N) is 1. The number of benzene rings is 1. The molecule has 0 atom stereocenters. The van der Waals surface area contributed by atoms with Gasteiger partial charge in [-0.05, 0) is 59.1 Å². The van der Waals surface area contributed by atoms with Crippen LogP contribution in [-0.2, 0) is 0 Å². The van der Waals surface area contributed by atoms with Gasteiger partial charge in [0.15, 0.2) is 5.11 Å². The number of aromatic nitrogens is 2. The number of nitrogens with one attached hydrogen (secondary N) is 2. The van der Waals surface area contributed by atoms with Crippen LogP contribution in [0.3, 0.4) is 0 Å². The summed E-state index contributed by atoms with van der Waals surface area (Å²) in [5.41, 5.74) is 6.18. The van der Waals surface area contributed by atoms with Gasteiger partial charge in [0.2, 0.25) is 0 Å². The molecule has 0 unspecified atom stereocenters. The first-order valence-corrected chi connectivity index (χ1v) is 6.19. The van der Waals surface area contributed by atoms with Gasteiger partial charge in [-0.1, -0.05) is 0 Å². The second-order valence-electron chi connectivity index (χ2n) is 3.32. The van der Waals surface area contributed by atoms with E-state index in [2.05, 4.69) is 33.0 Å². The van der Waals surface area contributed by atoms with Gasteiger partial charge in [-0.15, -0.1) is 0 Å². The predicted molar refractivity (Wildman–Crippen MR) is 80.2 cm³/mol. The SMILES string of the molecule is Nc1cc(=O)[nH]n1C(=S)Nc1ccc(I)cc1. The Labute approximate surface area is 116 Å². The van der Waals surface area contributed by atoms with Crippen LogP contribution < -0.4 is 16.6 Å². The fourth-order valence-corrected chi connectivity index (χ4v) is 1.91. The Morgan fingerprint density at radius 2 is 2.06 bits per heavy atom. The van der Waals surface area contributed by atoms with Gasteiger partial charge in [0.05, 0.1) is 0 Å². The van der Waals surface area contributed by atoms with Crippen LogP contribution >= 0.6 is 34.8 Å². The van der Waals surface area contributed by atoms with E-state index in [0.717, 1.165) is 9.26 Å². The molecular weight excluding hydrogens is 351 g/mol. The molecular formula is C10H9IN4OS. The Balaban J connectivity index is 2.20. The van der Waals surface area contributed by atoms with Crippen molar-refractivity contribution in [3.63, 3.8) is 0 Å². The molecule has 2 aromatic rings. The summed E-state index contributed by atoms with van der Waals surface area (Å²) >= 11 is 7.35. The van der Waals surface area contributed by atoms with E-state index in [1.54, 1.807) is 0 Å². The van der Waals surface area contributed by atoms with Crippen LogP contribution in [-0.4, -0.2) is 14.9 Å². The fraction of sp³-hybridized carbons (Fsp3) is 0. The molecule has 7 heteroatoms. The Hall–Kier alpha value is -1.35. The summed E-state index contributed by atoms with van der Waals surface area (Å²) in [6.45, 7) is 0. The standard InChI is InChI=1S/C10H9IN4OS/c11-6-1-3-7(4-2-6)13-10(17)15-8(12)5-9(16)14-15/h1-5H,12H2,(H,13,17)(H,14,16). The molecule has 0 saturated heterocycles. The molecule has 88 valence electrons. The largest absolute Gasteiger partial charge is 0.383 e. The lowest BCUT2D eigenvalue weighted by Gasteiger charge is -2.09. The first kappa shape index (κ1) is 12.1. The van der Waals surface area contributed by atoms with Gasteiger partial charge in [0.1, 0.15) is 5.82 Å². The molecule has 0 aliphatic heterocycles. The van der Waals surface area contributed by atoms with Crippen LogP contribution in [0.5, 0.6) is 0 Å². The predicted octanol–water partition coefficient (Wildman–Crippen LogP) is 1.61. The Kier molecular flexibility index (Phi) is 3.48. The van der Waals surface area contributed by atoms with Gasteiger partial charge in [-0.2, -0.15) is 0 Å². The summed E-state index contributed by atoms with van der Waals surface area (Å²) in [6.07, 6.45) is 0. The zero-order valence-corrected chi connectivity index (χ0v) is 11.6. The van der Waals surface area contributed by atoms with Crippen LogP contribution in [0.2, 0.25) is 0 Å². The zero-order chi connectivity index (χ0) is 12.4. The highest BCUT2D eigenvalue weighted by atomic mass is 127. The van der Waals surface area contributed by atoms with E-state index in [0.29, 0.717) is 5.11 Å². The molecule has 0 saturated carbocycles. The minimum Gasteiger partial charge on any atom is -0.383 e. The molecule has 0 bridgehead atoms. The van der Waals surface area contributed by atoms with Crippen molar-refractivity contribution in [2.24, 2.45) is 0 Å². The zero-order valence-electron chi connectivity index (χ0n) is 8.61. The van der Waals surface area contributed by atoms with Crippen molar-refractivity contribution in [2.75, 3.05) is 11.1 Å². The van der Waals surface area contributed by atoms with Crippen LogP contribution in [0.15, 0.2) is 35.1 Å². The van der Waals surface area contributed by atoms with Crippen molar-refractivity contribution >= 4 is 51.4 Å². The molecule has 2 rings (SSSR count). The summed E-state index contributed by atoms with van der Waals surface area (Å²) in [5, 5.41) is 5.81. The first-order valence-electron chi connectivity index (χ1n) is 4.71. The topological polar surface area (TPSA) is 75.8 Å². The van der Waals surface area contributed by atoms with Crippen LogP contribution in [0.4, 0.5) is 11.5 Å². The number of nitrogen functional groups attached to an aromatic ring is 1. The summed E-state index contributed by atoms with van der Waals surface area (Å²) in [6, 6.07) is 8.97. The number of rotatable bonds is 1. The normalized spacial score (nSPS) is 10.2. The molecule has 1 heterocycles. The molecule has 1 aromatic carbocycles. The van der Waals surface area contributed by atoms with Crippen molar-refractivity contribution in [3.8, 4) is 0 Å². The lowest BCUT2D eigenvalue weighted by molar-refractivity contribution is 0.935. The molecule has 5 nitrogen and oxygen atoms in total. The maximum absolute atomic E-state index is 11.1. The maximum atomic E-state index is 11.1. The molecule has 0 aliphatic carbocycles. The third-order valence-corrected chi connectivity index (χ3v) is 3.06. The van der Waals surface area contributed by atoms with Gasteiger partial charge in [-0.25, -0.2) is 4.68 Å². The molecule has 0 spiro atoms. The lowest BCUT2D eigenvalue weighted by atomic mass is 10.3. The minimum atomic E-state index is -0.283. The highest BCUT2D eigenvalue weighted by Gasteiger charge is 2.05. The molecule has 0 aliphatic rings. The summed E-state index contributed by atoms with van der Waals surface area (Å²) in [7, 11) is 0. The monoisotopic (exact) mass is 360 g/mol. The van der Waals surface area contributed by atoms with Crippen molar-refractivity contribution < 1.29 is 0 Å². The summed E-state index contributed by atoms with van der Waals surface area (Å²) < 4.78 is 2.46. The van der Waals surface area contributed by atoms with Gasteiger partial charge < -0.3 is 11.1 Å². The van der Waals surface area contributed by atoms with Gasteiger partial charge in [0.25, 0.3) is 5.56 Å². The Bertz CT molecular complexity index is 602. The third-order valence-electron chi connectivity index (χ3n) is 2.06. The van der Waals surface area contributed by atoms with E-state index in [4.69, 9.17) is 18.0 Å². The second kappa shape index (κ2) is 4.88. The van der Waals surface area contributed by atoms with E-state index in [1.807, 2.05) is 24.3 Å². The minimum absolute atomic E-state index is 0.276. The van der Waals surface area contributed by atoms with Crippen LogP contribution in [0, 0.1) is 3.57 Å². The van der Waals surface area contributed by atoms with E-state index >= 15 is 0 Å². The smallest absolute Gasteiger partial charge is 0.266 e.